The Morgan fingerprint density at radius 3 is 2.65 bits per heavy atom. The number of nitrogens with one attached hydrogen (secondary N) is 1. The van der Waals surface area contributed by atoms with Gasteiger partial charge in [-0.15, -0.1) is 11.8 Å². The Morgan fingerprint density at radius 2 is 2.04 bits per heavy atom. The molecule has 0 fully saturated rings. The minimum atomic E-state index is -0.991. The highest BCUT2D eigenvalue weighted by Crippen LogP contribution is 2.26. The lowest BCUT2D eigenvalue weighted by molar-refractivity contribution is -0.137. The summed E-state index contributed by atoms with van der Waals surface area (Å²) in [5.41, 5.74) is 0. The summed E-state index contributed by atoms with van der Waals surface area (Å²) in [5.74, 6) is -0.102. The normalized spacial score (nSPS) is 11.7. The van der Waals surface area contributed by atoms with Crippen molar-refractivity contribution in [3.8, 4) is 5.75 Å². The Labute approximate surface area is 137 Å². The number of ether oxygens (including phenoxy) is 1. The third-order valence-corrected chi connectivity index (χ3v) is 4.04. The Kier molecular flexibility index (Phi) is 5.64. The quantitative estimate of drug-likeness (QED) is 0.753. The predicted molar refractivity (Wildman–Crippen MR) is 86.8 cm³/mol. The van der Waals surface area contributed by atoms with E-state index in [-0.39, 0.29) is 17.7 Å². The molecule has 1 heterocycles. The number of carbonyl (C=O) groups excluding carboxylic acids is 1. The van der Waals surface area contributed by atoms with Gasteiger partial charge in [-0.25, -0.2) is 0 Å². The molecule has 2 N–H and O–H groups in total. The number of amides is 1. The molecule has 0 bridgehead atoms. The molecule has 1 atom stereocenters. The molecule has 0 saturated carbocycles. The second-order valence-corrected chi connectivity index (χ2v) is 6.13. The molecule has 2 rings (SSSR count). The topological polar surface area (TPSA) is 93.5 Å². The number of rotatable bonds is 7. The van der Waals surface area contributed by atoms with E-state index in [4.69, 9.17) is 9.84 Å². The van der Waals surface area contributed by atoms with Crippen LogP contribution in [0, 0.1) is 0 Å². The summed E-state index contributed by atoms with van der Waals surface area (Å²) in [5, 5.41) is 15.0. The molecule has 7 nitrogen and oxygen atoms in total. The van der Waals surface area contributed by atoms with E-state index < -0.39 is 5.97 Å². The number of nitrogens with zero attached hydrogens (tertiary/aromatic N) is 2. The number of carboxylic acid groups (broad SMARTS) is 1. The number of aromatic nitrogens is 2. The zero-order valence-corrected chi connectivity index (χ0v) is 13.5. The molecule has 0 radical (unpaired) electrons. The molecular formula is C15H17N3O4S. The van der Waals surface area contributed by atoms with Crippen molar-refractivity contribution in [2.45, 2.75) is 23.6 Å². The first kappa shape index (κ1) is 16.9. The van der Waals surface area contributed by atoms with Crippen molar-refractivity contribution in [1.82, 2.24) is 9.78 Å². The van der Waals surface area contributed by atoms with Crippen LogP contribution in [0.2, 0.25) is 0 Å². The molecule has 0 aliphatic carbocycles. The van der Waals surface area contributed by atoms with Crippen LogP contribution in [-0.4, -0.2) is 39.1 Å². The highest BCUT2D eigenvalue weighted by molar-refractivity contribution is 8.00. The van der Waals surface area contributed by atoms with Crippen LogP contribution in [0.4, 0.5) is 5.82 Å². The van der Waals surface area contributed by atoms with Crippen molar-refractivity contribution < 1.29 is 19.4 Å². The van der Waals surface area contributed by atoms with Gasteiger partial charge >= 0.3 is 5.97 Å². The van der Waals surface area contributed by atoms with Crippen LogP contribution < -0.4 is 10.1 Å². The maximum Gasteiger partial charge on any atom is 0.325 e. The van der Waals surface area contributed by atoms with Gasteiger partial charge in [-0.2, -0.15) is 5.10 Å². The average molecular weight is 335 g/mol. The van der Waals surface area contributed by atoms with Crippen LogP contribution >= 0.6 is 11.8 Å². The van der Waals surface area contributed by atoms with Crippen molar-refractivity contribution >= 4 is 29.5 Å². The minimum absolute atomic E-state index is 0.202. The van der Waals surface area contributed by atoms with Crippen LogP contribution in [0.15, 0.2) is 41.4 Å². The first-order chi connectivity index (χ1) is 11.0. The Morgan fingerprint density at radius 1 is 1.35 bits per heavy atom. The van der Waals surface area contributed by atoms with Gasteiger partial charge in [0, 0.05) is 17.2 Å². The van der Waals surface area contributed by atoms with Gasteiger partial charge in [0.25, 0.3) is 0 Å². The molecule has 122 valence electrons. The number of hydrogen-bond donors (Lipinski definition) is 2. The minimum Gasteiger partial charge on any atom is -0.497 e. The fourth-order valence-corrected chi connectivity index (χ4v) is 2.66. The van der Waals surface area contributed by atoms with Crippen molar-refractivity contribution in [2.75, 3.05) is 12.4 Å². The maximum absolute atomic E-state index is 12.1. The number of benzene rings is 1. The number of methoxy groups -OCH3 is 1. The Hall–Kier alpha value is -2.48. The van der Waals surface area contributed by atoms with Gasteiger partial charge < -0.3 is 15.2 Å². The third kappa shape index (κ3) is 5.03. The molecule has 8 heteroatoms. The number of carboxylic acids is 1. The second-order valence-electron chi connectivity index (χ2n) is 4.72. The lowest BCUT2D eigenvalue weighted by atomic mass is 10.3. The van der Waals surface area contributed by atoms with E-state index >= 15 is 0 Å². The second kappa shape index (κ2) is 7.68. The first-order valence-electron chi connectivity index (χ1n) is 6.85. The Balaban J connectivity index is 1.91. The summed E-state index contributed by atoms with van der Waals surface area (Å²) in [4.78, 5) is 23.7. The van der Waals surface area contributed by atoms with Gasteiger partial charge in [0.05, 0.1) is 12.4 Å². The van der Waals surface area contributed by atoms with Gasteiger partial charge in [-0.1, -0.05) is 0 Å². The average Bonchev–Trinajstić information content (AvgIpc) is 2.94. The monoisotopic (exact) mass is 335 g/mol. The largest absolute Gasteiger partial charge is 0.497 e. The molecular weight excluding hydrogens is 318 g/mol. The van der Waals surface area contributed by atoms with E-state index in [0.717, 1.165) is 10.6 Å². The van der Waals surface area contributed by atoms with Crippen LogP contribution in [0.5, 0.6) is 5.75 Å². The Bertz CT molecular complexity index is 684. The first-order valence-corrected chi connectivity index (χ1v) is 7.72. The lowest BCUT2D eigenvalue weighted by Gasteiger charge is -2.11. The van der Waals surface area contributed by atoms with Crippen molar-refractivity contribution in [2.24, 2.45) is 0 Å². The fourth-order valence-electron chi connectivity index (χ4n) is 1.79. The molecule has 2 aromatic rings. The van der Waals surface area contributed by atoms with Gasteiger partial charge in [-0.05, 0) is 31.2 Å². The number of thioether (sulfide) groups is 1. The van der Waals surface area contributed by atoms with Gasteiger partial charge in [-0.3, -0.25) is 14.3 Å². The van der Waals surface area contributed by atoms with Crippen molar-refractivity contribution in [1.29, 1.82) is 0 Å². The van der Waals surface area contributed by atoms with E-state index in [1.54, 1.807) is 20.1 Å². The maximum atomic E-state index is 12.1. The summed E-state index contributed by atoms with van der Waals surface area (Å²) in [7, 11) is 1.60. The number of hydrogen-bond acceptors (Lipinski definition) is 5. The number of aliphatic carboxylic acids is 1. The van der Waals surface area contributed by atoms with E-state index in [2.05, 4.69) is 10.4 Å². The third-order valence-electron chi connectivity index (χ3n) is 2.93. The standard InChI is InChI=1S/C15H17N3O4S/c1-10(23-12-5-3-11(22-2)4-6-12)15(21)16-13-7-8-18(17-13)9-14(19)20/h3-8,10H,9H2,1-2H3,(H,19,20)(H,16,17,21). The lowest BCUT2D eigenvalue weighted by Crippen LogP contribution is -2.22. The highest BCUT2D eigenvalue weighted by Gasteiger charge is 2.16. The summed E-state index contributed by atoms with van der Waals surface area (Å²) in [6.45, 7) is 1.55. The molecule has 1 aromatic carbocycles. The van der Waals surface area contributed by atoms with Crippen LogP contribution in [0.3, 0.4) is 0 Å². The summed E-state index contributed by atoms with van der Waals surface area (Å²) in [6, 6.07) is 9.00. The van der Waals surface area contributed by atoms with E-state index in [0.29, 0.717) is 5.82 Å². The van der Waals surface area contributed by atoms with E-state index in [1.165, 1.54) is 22.6 Å². The summed E-state index contributed by atoms with van der Waals surface area (Å²) < 4.78 is 6.34. The molecule has 0 spiro atoms. The van der Waals surface area contributed by atoms with Crippen molar-refractivity contribution in [3.63, 3.8) is 0 Å². The molecule has 0 aliphatic heterocycles. The molecule has 0 aliphatic rings. The SMILES string of the molecule is COc1ccc(SC(C)C(=O)Nc2ccn(CC(=O)O)n2)cc1. The molecule has 1 amide bonds. The fraction of sp³-hybridized carbons (Fsp3) is 0.267. The zero-order valence-electron chi connectivity index (χ0n) is 12.7. The molecule has 1 unspecified atom stereocenters. The predicted octanol–water partition coefficient (Wildman–Crippen LogP) is 2.10. The van der Waals surface area contributed by atoms with Gasteiger partial charge in [0.1, 0.15) is 12.3 Å². The highest BCUT2D eigenvalue weighted by atomic mass is 32.2. The van der Waals surface area contributed by atoms with Crippen molar-refractivity contribution in [3.05, 3.63) is 36.5 Å². The van der Waals surface area contributed by atoms with Crippen LogP contribution in [0.1, 0.15) is 6.92 Å². The smallest absolute Gasteiger partial charge is 0.325 e. The summed E-state index contributed by atoms with van der Waals surface area (Å²) in [6.07, 6.45) is 1.50. The summed E-state index contributed by atoms with van der Waals surface area (Å²) >= 11 is 1.41. The molecule has 0 saturated heterocycles. The van der Waals surface area contributed by atoms with E-state index in [9.17, 15) is 9.59 Å². The van der Waals surface area contributed by atoms with Crippen LogP contribution in [-0.2, 0) is 16.1 Å². The molecule has 1 aromatic heterocycles. The van der Waals surface area contributed by atoms with Gasteiger partial charge in [0.2, 0.25) is 5.91 Å². The number of anilines is 1. The zero-order chi connectivity index (χ0) is 16.8. The van der Waals surface area contributed by atoms with Gasteiger partial charge in [0.15, 0.2) is 5.82 Å². The number of carbonyl (C=O) groups is 2. The van der Waals surface area contributed by atoms with E-state index in [1.807, 2.05) is 24.3 Å². The molecule has 23 heavy (non-hydrogen) atoms. The van der Waals surface area contributed by atoms with Crippen LogP contribution in [0.25, 0.3) is 0 Å².